The second kappa shape index (κ2) is 6.36. The lowest BCUT2D eigenvalue weighted by Crippen LogP contribution is -2.56. The minimum absolute atomic E-state index is 0.0698. The van der Waals surface area contributed by atoms with E-state index in [0.29, 0.717) is 0 Å². The Balaban J connectivity index is 3.21. The maximum absolute atomic E-state index is 12.1. The van der Waals surface area contributed by atoms with Crippen molar-refractivity contribution in [3.8, 4) is 0 Å². The van der Waals surface area contributed by atoms with Crippen LogP contribution in [0.4, 0.5) is 0 Å². The summed E-state index contributed by atoms with van der Waals surface area (Å²) >= 11 is 11.5. The van der Waals surface area contributed by atoms with Crippen molar-refractivity contribution in [2.75, 3.05) is 19.8 Å². The van der Waals surface area contributed by atoms with E-state index in [4.69, 9.17) is 38.5 Å². The van der Waals surface area contributed by atoms with Gasteiger partial charge in [0.1, 0.15) is 10.4 Å². The standard InChI is InChI=1S/C10H13Cl2NO5S/c11-7-1-2-8(12)9(3-7)19(17,18)13-10(4-14,5-15)6-16/h1-3,13-16H,4-6H2. The molecule has 1 aromatic carbocycles. The molecular weight excluding hydrogens is 317 g/mol. The quantitative estimate of drug-likeness (QED) is 0.587. The van der Waals surface area contributed by atoms with Gasteiger partial charge in [-0.05, 0) is 18.2 Å². The van der Waals surface area contributed by atoms with Gasteiger partial charge < -0.3 is 15.3 Å². The Bertz CT molecular complexity index is 537. The van der Waals surface area contributed by atoms with Crippen LogP contribution in [-0.2, 0) is 10.0 Å². The van der Waals surface area contributed by atoms with E-state index in [2.05, 4.69) is 0 Å². The van der Waals surface area contributed by atoms with Crippen molar-refractivity contribution in [3.05, 3.63) is 28.2 Å². The van der Waals surface area contributed by atoms with E-state index >= 15 is 0 Å². The summed E-state index contributed by atoms with van der Waals surface area (Å²) in [4.78, 5) is -0.304. The van der Waals surface area contributed by atoms with Gasteiger partial charge in [-0.15, -0.1) is 0 Å². The second-order valence-electron chi connectivity index (χ2n) is 3.93. The Morgan fingerprint density at radius 1 is 1.11 bits per heavy atom. The van der Waals surface area contributed by atoms with Crippen LogP contribution < -0.4 is 4.72 Å². The van der Waals surface area contributed by atoms with Crippen molar-refractivity contribution in [2.45, 2.75) is 10.4 Å². The third-order valence-corrected chi connectivity index (χ3v) is 4.74. The minimum Gasteiger partial charge on any atom is -0.394 e. The SMILES string of the molecule is O=S(=O)(NC(CO)(CO)CO)c1cc(Cl)ccc1Cl. The van der Waals surface area contributed by atoms with Crippen molar-refractivity contribution >= 4 is 33.2 Å². The van der Waals surface area contributed by atoms with Crippen molar-refractivity contribution in [2.24, 2.45) is 0 Å². The Labute approximate surface area is 120 Å². The highest BCUT2D eigenvalue weighted by Gasteiger charge is 2.34. The van der Waals surface area contributed by atoms with Crippen LogP contribution in [-0.4, -0.2) is 49.1 Å². The molecule has 0 aliphatic carbocycles. The molecular formula is C10H13Cl2NO5S. The highest BCUT2D eigenvalue weighted by molar-refractivity contribution is 7.89. The molecule has 0 spiro atoms. The van der Waals surface area contributed by atoms with Crippen molar-refractivity contribution in [1.29, 1.82) is 0 Å². The Morgan fingerprint density at radius 3 is 2.11 bits per heavy atom. The number of sulfonamides is 1. The van der Waals surface area contributed by atoms with Crippen molar-refractivity contribution < 1.29 is 23.7 Å². The van der Waals surface area contributed by atoms with E-state index in [0.717, 1.165) is 6.07 Å². The first-order valence-electron chi connectivity index (χ1n) is 5.12. The molecule has 1 aromatic rings. The highest BCUT2D eigenvalue weighted by atomic mass is 35.5. The summed E-state index contributed by atoms with van der Waals surface area (Å²) in [6, 6.07) is 3.85. The topological polar surface area (TPSA) is 107 Å². The summed E-state index contributed by atoms with van der Waals surface area (Å²) in [7, 11) is -4.15. The second-order valence-corrected chi connectivity index (χ2v) is 6.43. The molecule has 0 heterocycles. The normalized spacial score (nSPS) is 12.7. The summed E-state index contributed by atoms with van der Waals surface area (Å²) < 4.78 is 26.2. The van der Waals surface area contributed by atoms with Crippen molar-refractivity contribution in [3.63, 3.8) is 0 Å². The molecule has 6 nitrogen and oxygen atoms in total. The Morgan fingerprint density at radius 2 is 1.63 bits per heavy atom. The summed E-state index contributed by atoms with van der Waals surface area (Å²) in [5.41, 5.74) is -1.77. The lowest BCUT2D eigenvalue weighted by molar-refractivity contribution is 0.0582. The van der Waals surface area contributed by atoms with Gasteiger partial charge in [0.15, 0.2) is 0 Å². The first-order valence-corrected chi connectivity index (χ1v) is 7.36. The zero-order chi connectivity index (χ0) is 14.7. The predicted octanol–water partition coefficient (Wildman–Crippen LogP) is -0.0126. The van der Waals surface area contributed by atoms with Gasteiger partial charge in [-0.3, -0.25) is 0 Å². The minimum atomic E-state index is -4.15. The van der Waals surface area contributed by atoms with E-state index < -0.39 is 35.4 Å². The maximum Gasteiger partial charge on any atom is 0.242 e. The molecule has 9 heteroatoms. The van der Waals surface area contributed by atoms with Gasteiger partial charge in [-0.2, -0.15) is 4.72 Å². The number of aliphatic hydroxyl groups is 3. The van der Waals surface area contributed by atoms with E-state index in [1.807, 2.05) is 4.72 Å². The maximum atomic E-state index is 12.1. The first-order chi connectivity index (χ1) is 8.80. The van der Waals surface area contributed by atoms with Crippen LogP contribution >= 0.6 is 23.2 Å². The third-order valence-electron chi connectivity index (χ3n) is 2.44. The molecule has 108 valence electrons. The summed E-state index contributed by atoms with van der Waals surface area (Å²) in [6.07, 6.45) is 0. The van der Waals surface area contributed by atoms with E-state index in [9.17, 15) is 8.42 Å². The van der Waals surface area contributed by atoms with Gasteiger partial charge in [-0.1, -0.05) is 23.2 Å². The van der Waals surface area contributed by atoms with Gasteiger partial charge in [0.2, 0.25) is 10.0 Å². The fraction of sp³-hybridized carbons (Fsp3) is 0.400. The van der Waals surface area contributed by atoms with Crippen LogP contribution in [0.25, 0.3) is 0 Å². The van der Waals surface area contributed by atoms with Gasteiger partial charge in [0.25, 0.3) is 0 Å². The number of halogens is 2. The zero-order valence-electron chi connectivity index (χ0n) is 9.68. The van der Waals surface area contributed by atoms with E-state index in [1.54, 1.807) is 0 Å². The summed E-state index contributed by atoms with van der Waals surface area (Å²) in [5, 5.41) is 27.4. The average Bonchev–Trinajstić information content (AvgIpc) is 2.39. The number of benzene rings is 1. The number of nitrogens with one attached hydrogen (secondary N) is 1. The first kappa shape index (κ1) is 16.6. The third kappa shape index (κ3) is 3.79. The number of rotatable bonds is 6. The molecule has 1 rings (SSSR count). The smallest absolute Gasteiger partial charge is 0.242 e. The van der Waals surface area contributed by atoms with Crippen LogP contribution in [0, 0.1) is 0 Å². The lowest BCUT2D eigenvalue weighted by atomic mass is 10.1. The molecule has 0 bridgehead atoms. The summed E-state index contributed by atoms with van der Waals surface area (Å²) in [6.45, 7) is -2.34. The predicted molar refractivity (Wildman–Crippen MR) is 70.8 cm³/mol. The summed E-state index contributed by atoms with van der Waals surface area (Å²) in [5.74, 6) is 0. The Hall–Kier alpha value is -0.410. The Kier molecular flexibility index (Phi) is 5.57. The largest absolute Gasteiger partial charge is 0.394 e. The number of hydrogen-bond acceptors (Lipinski definition) is 5. The number of aliphatic hydroxyl groups excluding tert-OH is 3. The van der Waals surface area contributed by atoms with Crippen LogP contribution in [0.3, 0.4) is 0 Å². The van der Waals surface area contributed by atoms with Gasteiger partial charge >= 0.3 is 0 Å². The van der Waals surface area contributed by atoms with E-state index in [-0.39, 0.29) is 14.9 Å². The molecule has 0 aliphatic heterocycles. The van der Waals surface area contributed by atoms with Gasteiger partial charge in [0.05, 0.1) is 24.8 Å². The molecule has 0 unspecified atom stereocenters. The molecule has 0 radical (unpaired) electrons. The molecule has 19 heavy (non-hydrogen) atoms. The van der Waals surface area contributed by atoms with Gasteiger partial charge in [-0.25, -0.2) is 8.42 Å². The molecule has 0 fully saturated rings. The van der Waals surface area contributed by atoms with Gasteiger partial charge in [0, 0.05) is 5.02 Å². The molecule has 0 saturated carbocycles. The fourth-order valence-electron chi connectivity index (χ4n) is 1.27. The fourth-order valence-corrected chi connectivity index (χ4v) is 3.41. The molecule has 0 saturated heterocycles. The molecule has 0 aromatic heterocycles. The van der Waals surface area contributed by atoms with E-state index in [1.165, 1.54) is 12.1 Å². The zero-order valence-corrected chi connectivity index (χ0v) is 12.0. The lowest BCUT2D eigenvalue weighted by Gasteiger charge is -2.28. The molecule has 0 atom stereocenters. The van der Waals surface area contributed by atoms with Crippen molar-refractivity contribution in [1.82, 2.24) is 4.72 Å². The number of hydrogen-bond donors (Lipinski definition) is 4. The average molecular weight is 330 g/mol. The van der Waals surface area contributed by atoms with Crippen LogP contribution in [0.5, 0.6) is 0 Å². The molecule has 0 aliphatic rings. The monoisotopic (exact) mass is 329 g/mol. The van der Waals surface area contributed by atoms with Crippen LogP contribution in [0.1, 0.15) is 0 Å². The van der Waals surface area contributed by atoms with Crippen LogP contribution in [0.15, 0.2) is 23.1 Å². The molecule has 4 N–H and O–H groups in total. The molecule has 0 amide bonds. The highest BCUT2D eigenvalue weighted by Crippen LogP contribution is 2.25. The van der Waals surface area contributed by atoms with Crippen LogP contribution in [0.2, 0.25) is 10.0 Å².